The van der Waals surface area contributed by atoms with Crippen molar-refractivity contribution in [3.05, 3.63) is 32.8 Å². The average Bonchev–Trinajstić information content (AvgIpc) is 2.58. The zero-order chi connectivity index (χ0) is 11.0. The summed E-state index contributed by atoms with van der Waals surface area (Å²) >= 11 is 3.17. The van der Waals surface area contributed by atoms with Crippen LogP contribution in [-0.2, 0) is 4.74 Å². The summed E-state index contributed by atoms with van der Waals surface area (Å²) in [6.07, 6.45) is 0. The summed E-state index contributed by atoms with van der Waals surface area (Å²) in [5, 5.41) is 2.72. The maximum absolute atomic E-state index is 11.5. The molecule has 0 saturated carbocycles. The van der Waals surface area contributed by atoms with Crippen LogP contribution in [0.4, 0.5) is 0 Å². The lowest BCUT2D eigenvalue weighted by Crippen LogP contribution is -2.18. The number of rotatable bonds is 1. The monoisotopic (exact) mass is 271 g/mol. The average molecular weight is 272 g/mol. The van der Waals surface area contributed by atoms with E-state index in [9.17, 15) is 9.59 Å². The number of nitrogens with one attached hydrogen (secondary N) is 1. The minimum Gasteiger partial charge on any atom is -0.464 e. The molecule has 0 saturated heterocycles. The Morgan fingerprint density at radius 2 is 2.33 bits per heavy atom. The third-order valence-corrected chi connectivity index (χ3v) is 2.22. The molecule has 0 atom stereocenters. The van der Waals surface area contributed by atoms with Crippen molar-refractivity contribution >= 4 is 27.5 Å². The van der Waals surface area contributed by atoms with E-state index in [1.165, 1.54) is 11.6 Å². The third-order valence-electron chi connectivity index (χ3n) is 1.81. The number of fused-ring (bicyclic) bond motifs is 1. The Bertz CT molecular complexity index is 586. The number of aromatic amines is 1. The Balaban J connectivity index is 2.72. The molecule has 0 spiro atoms. The zero-order valence-corrected chi connectivity index (χ0v) is 9.24. The highest BCUT2D eigenvalue weighted by molar-refractivity contribution is 9.10. The van der Waals surface area contributed by atoms with E-state index in [0.29, 0.717) is 10.3 Å². The molecule has 0 aliphatic carbocycles. The first-order chi connectivity index (χ1) is 7.11. The molecule has 0 aliphatic rings. The number of carbonyl (C=O) groups is 1. The molecule has 2 rings (SSSR count). The van der Waals surface area contributed by atoms with Gasteiger partial charge in [0.15, 0.2) is 11.3 Å². The van der Waals surface area contributed by atoms with Gasteiger partial charge in [-0.1, -0.05) is 0 Å². The van der Waals surface area contributed by atoms with Gasteiger partial charge in [-0.05, 0) is 15.9 Å². The van der Waals surface area contributed by atoms with Crippen LogP contribution >= 0.6 is 15.9 Å². The van der Waals surface area contributed by atoms with Crippen LogP contribution in [0, 0.1) is 0 Å². The van der Waals surface area contributed by atoms with Gasteiger partial charge in [-0.25, -0.2) is 14.3 Å². The molecular weight excluding hydrogens is 266 g/mol. The maximum Gasteiger partial charge on any atom is 0.356 e. The number of hydrogen-bond donors (Lipinski definition) is 1. The van der Waals surface area contributed by atoms with E-state index in [0.717, 1.165) is 6.07 Å². The summed E-state index contributed by atoms with van der Waals surface area (Å²) in [4.78, 5) is 26.6. The van der Waals surface area contributed by atoms with E-state index in [1.807, 2.05) is 0 Å². The number of aromatic nitrogens is 3. The van der Waals surface area contributed by atoms with Crippen LogP contribution in [0.15, 0.2) is 21.5 Å². The number of ether oxygens (including phenoxy) is 1. The van der Waals surface area contributed by atoms with Crippen LogP contribution in [0.1, 0.15) is 10.5 Å². The van der Waals surface area contributed by atoms with Crippen LogP contribution in [-0.4, -0.2) is 27.7 Å². The first kappa shape index (κ1) is 9.91. The standard InChI is InChI=1S/C8H6BrN3O3/c1-15-8(14)4-2-7(13)12-6(10-4)3-5(9)11-12/h2-3,11H,1H3. The highest BCUT2D eigenvalue weighted by atomic mass is 79.9. The third kappa shape index (κ3) is 1.65. The van der Waals surface area contributed by atoms with E-state index in [2.05, 4.69) is 30.7 Å². The second-order valence-electron chi connectivity index (χ2n) is 2.77. The number of esters is 1. The van der Waals surface area contributed by atoms with E-state index in [1.54, 1.807) is 6.07 Å². The quantitative estimate of drug-likeness (QED) is 0.770. The number of H-pyrrole nitrogens is 1. The van der Waals surface area contributed by atoms with Gasteiger partial charge in [-0.3, -0.25) is 9.89 Å². The number of nitrogens with zero attached hydrogens (tertiary/aromatic N) is 2. The molecule has 78 valence electrons. The predicted octanol–water partition coefficient (Wildman–Crippen LogP) is 0.572. The van der Waals surface area contributed by atoms with Gasteiger partial charge in [0.1, 0.15) is 4.60 Å². The van der Waals surface area contributed by atoms with E-state index in [4.69, 9.17) is 0 Å². The molecule has 2 aromatic heterocycles. The predicted molar refractivity (Wildman–Crippen MR) is 54.9 cm³/mol. The van der Waals surface area contributed by atoms with Crippen molar-refractivity contribution in [2.45, 2.75) is 0 Å². The van der Waals surface area contributed by atoms with E-state index < -0.39 is 5.97 Å². The highest BCUT2D eigenvalue weighted by Crippen LogP contribution is 2.08. The molecule has 0 aromatic carbocycles. The topological polar surface area (TPSA) is 76.5 Å². The van der Waals surface area contributed by atoms with Gasteiger partial charge in [-0.15, -0.1) is 0 Å². The van der Waals surface area contributed by atoms with Crippen molar-refractivity contribution in [3.8, 4) is 0 Å². The molecule has 7 heteroatoms. The molecule has 0 aliphatic heterocycles. The van der Waals surface area contributed by atoms with Crippen molar-refractivity contribution in [1.82, 2.24) is 14.6 Å². The summed E-state index contributed by atoms with van der Waals surface area (Å²) in [6, 6.07) is 2.70. The van der Waals surface area contributed by atoms with Crippen molar-refractivity contribution in [3.63, 3.8) is 0 Å². The van der Waals surface area contributed by atoms with Crippen molar-refractivity contribution in [2.75, 3.05) is 7.11 Å². The SMILES string of the molecule is COC(=O)c1cc(=O)n2[nH]c(Br)cc2n1. The molecule has 0 radical (unpaired) electrons. The Kier molecular flexibility index (Phi) is 2.31. The molecule has 2 heterocycles. The molecule has 0 unspecified atom stereocenters. The first-order valence-electron chi connectivity index (χ1n) is 3.98. The lowest BCUT2D eigenvalue weighted by Gasteiger charge is -1.97. The number of methoxy groups -OCH3 is 1. The van der Waals surface area contributed by atoms with Gasteiger partial charge in [0.2, 0.25) is 0 Å². The van der Waals surface area contributed by atoms with Gasteiger partial charge >= 0.3 is 5.97 Å². The molecule has 0 bridgehead atoms. The fraction of sp³-hybridized carbons (Fsp3) is 0.125. The van der Waals surface area contributed by atoms with Gasteiger partial charge < -0.3 is 4.74 Å². The van der Waals surface area contributed by atoms with E-state index in [-0.39, 0.29) is 11.3 Å². The maximum atomic E-state index is 11.5. The Hall–Kier alpha value is -1.63. The summed E-state index contributed by atoms with van der Waals surface area (Å²) in [5.41, 5.74) is -0.0186. The van der Waals surface area contributed by atoms with E-state index >= 15 is 0 Å². The summed E-state index contributed by atoms with van der Waals surface area (Å²) < 4.78 is 6.30. The molecule has 6 nitrogen and oxygen atoms in total. The van der Waals surface area contributed by atoms with Crippen molar-refractivity contribution < 1.29 is 9.53 Å². The van der Waals surface area contributed by atoms with Gasteiger partial charge in [0.05, 0.1) is 7.11 Å². The van der Waals surface area contributed by atoms with Crippen LogP contribution in [0.2, 0.25) is 0 Å². The fourth-order valence-corrected chi connectivity index (χ4v) is 1.55. The van der Waals surface area contributed by atoms with Crippen LogP contribution < -0.4 is 5.56 Å². The molecule has 0 amide bonds. The summed E-state index contributed by atoms with van der Waals surface area (Å²) in [5.74, 6) is -0.632. The van der Waals surface area contributed by atoms with Crippen LogP contribution in [0.5, 0.6) is 0 Å². The summed E-state index contributed by atoms with van der Waals surface area (Å²) in [7, 11) is 1.23. The minimum absolute atomic E-state index is 0.00556. The van der Waals surface area contributed by atoms with Crippen molar-refractivity contribution in [2.24, 2.45) is 0 Å². The Morgan fingerprint density at radius 3 is 3.00 bits per heavy atom. The smallest absolute Gasteiger partial charge is 0.356 e. The zero-order valence-electron chi connectivity index (χ0n) is 7.65. The number of hydrogen-bond acceptors (Lipinski definition) is 4. The molecule has 15 heavy (non-hydrogen) atoms. The second kappa shape index (κ2) is 3.50. The first-order valence-corrected chi connectivity index (χ1v) is 4.78. The second-order valence-corrected chi connectivity index (χ2v) is 3.62. The lowest BCUT2D eigenvalue weighted by molar-refractivity contribution is 0.0594. The Labute approximate surface area is 92.0 Å². The lowest BCUT2D eigenvalue weighted by atomic mass is 10.4. The minimum atomic E-state index is -0.632. The molecule has 0 fully saturated rings. The summed E-state index contributed by atoms with van der Waals surface area (Å²) in [6.45, 7) is 0. The highest BCUT2D eigenvalue weighted by Gasteiger charge is 2.11. The largest absolute Gasteiger partial charge is 0.464 e. The van der Waals surface area contributed by atoms with Gasteiger partial charge in [-0.2, -0.15) is 0 Å². The number of halogens is 1. The van der Waals surface area contributed by atoms with Gasteiger partial charge in [0.25, 0.3) is 5.56 Å². The van der Waals surface area contributed by atoms with Crippen LogP contribution in [0.25, 0.3) is 5.65 Å². The normalized spacial score (nSPS) is 10.5. The van der Waals surface area contributed by atoms with Crippen LogP contribution in [0.3, 0.4) is 0 Å². The van der Waals surface area contributed by atoms with Gasteiger partial charge in [0, 0.05) is 12.1 Å². The number of carbonyl (C=O) groups excluding carboxylic acids is 1. The molecular formula is C8H6BrN3O3. The van der Waals surface area contributed by atoms with Crippen molar-refractivity contribution in [1.29, 1.82) is 0 Å². The Morgan fingerprint density at radius 1 is 1.60 bits per heavy atom. The fourth-order valence-electron chi connectivity index (χ4n) is 1.17. The molecule has 1 N–H and O–H groups in total. The molecule has 2 aromatic rings.